The van der Waals surface area contributed by atoms with Crippen molar-refractivity contribution >= 4 is 5.96 Å². The van der Waals surface area contributed by atoms with E-state index >= 15 is 0 Å². The summed E-state index contributed by atoms with van der Waals surface area (Å²) in [5.74, 6) is 2.80. The lowest BCUT2D eigenvalue weighted by atomic mass is 9.94. The van der Waals surface area contributed by atoms with E-state index in [0.717, 1.165) is 62.8 Å². The Labute approximate surface area is 177 Å². The summed E-state index contributed by atoms with van der Waals surface area (Å²) in [5, 5.41) is 16.0. The second kappa shape index (κ2) is 15.1. The largest absolute Gasteiger partial charge is 0.494 e. The first kappa shape index (κ1) is 25.2. The maximum atomic E-state index is 9.30. The van der Waals surface area contributed by atoms with E-state index in [4.69, 9.17) is 9.73 Å². The molecule has 0 aliphatic heterocycles. The van der Waals surface area contributed by atoms with Gasteiger partial charge in [0.15, 0.2) is 5.96 Å². The van der Waals surface area contributed by atoms with Gasteiger partial charge in [0.1, 0.15) is 5.75 Å². The minimum atomic E-state index is 0.232. The van der Waals surface area contributed by atoms with Gasteiger partial charge >= 0.3 is 0 Å². The van der Waals surface area contributed by atoms with Crippen LogP contribution in [0, 0.1) is 11.8 Å². The average Bonchev–Trinajstić information content (AvgIpc) is 2.67. The van der Waals surface area contributed by atoms with Crippen molar-refractivity contribution in [2.75, 3.05) is 46.9 Å². The molecule has 0 aliphatic carbocycles. The fraction of sp³-hybridized carbons (Fsp3) is 0.696. The van der Waals surface area contributed by atoms with Gasteiger partial charge in [-0.25, -0.2) is 4.99 Å². The molecule has 1 unspecified atom stereocenters. The van der Waals surface area contributed by atoms with Gasteiger partial charge in [-0.3, -0.25) is 0 Å². The van der Waals surface area contributed by atoms with Crippen LogP contribution in [0.4, 0.5) is 0 Å². The first-order valence-electron chi connectivity index (χ1n) is 10.9. The summed E-state index contributed by atoms with van der Waals surface area (Å²) in [6.07, 6.45) is 2.94. The third-order valence-electron chi connectivity index (χ3n) is 4.61. The normalized spacial score (nSPS) is 13.0. The zero-order valence-electron chi connectivity index (χ0n) is 19.1. The Morgan fingerprint density at radius 1 is 1.17 bits per heavy atom. The highest BCUT2D eigenvalue weighted by Gasteiger charge is 2.11. The highest BCUT2D eigenvalue weighted by Crippen LogP contribution is 2.15. The number of aliphatic hydroxyl groups is 1. The van der Waals surface area contributed by atoms with Crippen molar-refractivity contribution in [3.63, 3.8) is 0 Å². The van der Waals surface area contributed by atoms with Crippen LogP contribution in [0.15, 0.2) is 29.3 Å². The average molecular weight is 407 g/mol. The van der Waals surface area contributed by atoms with Crippen molar-refractivity contribution < 1.29 is 9.84 Å². The first-order valence-corrected chi connectivity index (χ1v) is 10.9. The summed E-state index contributed by atoms with van der Waals surface area (Å²) in [6.45, 7) is 10.8. The van der Waals surface area contributed by atoms with E-state index in [9.17, 15) is 5.11 Å². The standard InChI is InChI=1S/C23H42N4O2/c1-6-24-23(26-18-21(12-14-28)16-19(2)3)25-17-20-8-10-22(11-9-20)29-15-7-13-27(4)5/h8-11,19,21,28H,6-7,12-18H2,1-5H3,(H2,24,25,26). The number of rotatable bonds is 14. The summed E-state index contributed by atoms with van der Waals surface area (Å²) in [4.78, 5) is 6.87. The molecule has 0 bridgehead atoms. The van der Waals surface area contributed by atoms with E-state index in [0.29, 0.717) is 18.4 Å². The van der Waals surface area contributed by atoms with E-state index in [2.05, 4.69) is 62.5 Å². The fourth-order valence-corrected chi connectivity index (χ4v) is 3.17. The summed E-state index contributed by atoms with van der Waals surface area (Å²) in [7, 11) is 4.14. The topological polar surface area (TPSA) is 69.1 Å². The van der Waals surface area contributed by atoms with E-state index in [1.165, 1.54) is 0 Å². The van der Waals surface area contributed by atoms with Crippen LogP contribution in [0.1, 0.15) is 45.6 Å². The lowest BCUT2D eigenvalue weighted by Gasteiger charge is -2.20. The first-order chi connectivity index (χ1) is 13.9. The molecule has 0 saturated heterocycles. The minimum absolute atomic E-state index is 0.232. The molecular weight excluding hydrogens is 364 g/mol. The Morgan fingerprint density at radius 2 is 1.90 bits per heavy atom. The number of hydrogen-bond acceptors (Lipinski definition) is 4. The monoisotopic (exact) mass is 406 g/mol. The predicted octanol–water partition coefficient (Wildman–Crippen LogP) is 3.12. The van der Waals surface area contributed by atoms with Crippen molar-refractivity contribution in [3.05, 3.63) is 29.8 Å². The molecular formula is C23H42N4O2. The summed E-state index contributed by atoms with van der Waals surface area (Å²) < 4.78 is 5.79. The highest BCUT2D eigenvalue weighted by molar-refractivity contribution is 5.79. The number of nitrogens with zero attached hydrogens (tertiary/aromatic N) is 2. The number of benzene rings is 1. The van der Waals surface area contributed by atoms with Gasteiger partial charge in [0.25, 0.3) is 0 Å². The smallest absolute Gasteiger partial charge is 0.191 e. The number of aliphatic imine (C=N–C) groups is 1. The molecule has 6 nitrogen and oxygen atoms in total. The van der Waals surface area contributed by atoms with E-state index < -0.39 is 0 Å². The van der Waals surface area contributed by atoms with Gasteiger partial charge in [0.2, 0.25) is 0 Å². The Bertz CT molecular complexity index is 559. The van der Waals surface area contributed by atoms with Crippen LogP contribution in [0.3, 0.4) is 0 Å². The lowest BCUT2D eigenvalue weighted by molar-refractivity contribution is 0.243. The number of ether oxygens (including phenoxy) is 1. The third-order valence-corrected chi connectivity index (χ3v) is 4.61. The van der Waals surface area contributed by atoms with Crippen LogP contribution >= 0.6 is 0 Å². The molecule has 6 heteroatoms. The molecule has 166 valence electrons. The quantitative estimate of drug-likeness (QED) is 0.252. The minimum Gasteiger partial charge on any atom is -0.494 e. The van der Waals surface area contributed by atoms with Crippen LogP contribution in [-0.4, -0.2) is 62.9 Å². The van der Waals surface area contributed by atoms with Crippen LogP contribution < -0.4 is 15.4 Å². The number of aliphatic hydroxyl groups excluding tert-OH is 1. The molecule has 0 heterocycles. The molecule has 29 heavy (non-hydrogen) atoms. The summed E-state index contributed by atoms with van der Waals surface area (Å²) in [5.41, 5.74) is 1.15. The Hall–Kier alpha value is -1.79. The van der Waals surface area contributed by atoms with E-state index in [1.807, 2.05) is 12.1 Å². The van der Waals surface area contributed by atoms with Gasteiger partial charge in [-0.1, -0.05) is 26.0 Å². The lowest BCUT2D eigenvalue weighted by Crippen LogP contribution is -2.40. The molecule has 1 rings (SSSR count). The van der Waals surface area contributed by atoms with Crippen molar-refractivity contribution in [1.82, 2.24) is 15.5 Å². The van der Waals surface area contributed by atoms with Gasteiger partial charge in [-0.15, -0.1) is 0 Å². The Balaban J connectivity index is 2.52. The molecule has 0 saturated carbocycles. The molecule has 0 aromatic heterocycles. The maximum Gasteiger partial charge on any atom is 0.191 e. The number of nitrogens with one attached hydrogen (secondary N) is 2. The van der Waals surface area contributed by atoms with Crippen molar-refractivity contribution in [1.29, 1.82) is 0 Å². The molecule has 0 spiro atoms. The van der Waals surface area contributed by atoms with Gasteiger partial charge in [0, 0.05) is 26.2 Å². The second-order valence-corrected chi connectivity index (χ2v) is 8.23. The van der Waals surface area contributed by atoms with Gasteiger partial charge in [-0.2, -0.15) is 0 Å². The zero-order valence-corrected chi connectivity index (χ0v) is 19.1. The van der Waals surface area contributed by atoms with Crippen molar-refractivity contribution in [2.24, 2.45) is 16.8 Å². The second-order valence-electron chi connectivity index (χ2n) is 8.23. The molecule has 0 aliphatic rings. The van der Waals surface area contributed by atoms with Gasteiger partial charge < -0.3 is 25.4 Å². The molecule has 1 aromatic carbocycles. The van der Waals surface area contributed by atoms with Crippen LogP contribution in [0.5, 0.6) is 5.75 Å². The molecule has 0 fully saturated rings. The predicted molar refractivity (Wildman–Crippen MR) is 123 cm³/mol. The molecule has 0 radical (unpaired) electrons. The van der Waals surface area contributed by atoms with Crippen LogP contribution in [-0.2, 0) is 6.54 Å². The Morgan fingerprint density at radius 3 is 2.48 bits per heavy atom. The molecule has 0 amide bonds. The maximum absolute atomic E-state index is 9.30. The number of hydrogen-bond donors (Lipinski definition) is 3. The van der Waals surface area contributed by atoms with E-state index in [-0.39, 0.29) is 6.61 Å². The van der Waals surface area contributed by atoms with E-state index in [1.54, 1.807) is 0 Å². The summed E-state index contributed by atoms with van der Waals surface area (Å²) >= 11 is 0. The Kier molecular flexibility index (Phi) is 13.1. The van der Waals surface area contributed by atoms with Gasteiger partial charge in [0.05, 0.1) is 13.2 Å². The molecule has 3 N–H and O–H groups in total. The SMILES string of the molecule is CCNC(=NCc1ccc(OCCCN(C)C)cc1)NCC(CCO)CC(C)C. The van der Waals surface area contributed by atoms with Crippen LogP contribution in [0.25, 0.3) is 0 Å². The molecule has 1 atom stereocenters. The highest BCUT2D eigenvalue weighted by atomic mass is 16.5. The van der Waals surface area contributed by atoms with Crippen molar-refractivity contribution in [3.8, 4) is 5.75 Å². The van der Waals surface area contributed by atoms with Crippen molar-refractivity contribution in [2.45, 2.75) is 46.6 Å². The van der Waals surface area contributed by atoms with Crippen LogP contribution in [0.2, 0.25) is 0 Å². The summed E-state index contributed by atoms with van der Waals surface area (Å²) in [6, 6.07) is 8.17. The number of guanidine groups is 1. The fourth-order valence-electron chi connectivity index (χ4n) is 3.17. The van der Waals surface area contributed by atoms with Gasteiger partial charge in [-0.05, 0) is 69.8 Å². The molecule has 1 aromatic rings. The third kappa shape index (κ3) is 12.4. The zero-order chi connectivity index (χ0) is 21.5.